The van der Waals surface area contributed by atoms with E-state index in [1.165, 1.54) is 0 Å². The van der Waals surface area contributed by atoms with E-state index >= 15 is 0 Å². The van der Waals surface area contributed by atoms with Crippen LogP contribution in [0.5, 0.6) is 0 Å². The molecule has 0 spiro atoms. The first-order valence-corrected chi connectivity index (χ1v) is 3.63. The molecule has 0 bridgehead atoms. The predicted octanol–water partition coefficient (Wildman–Crippen LogP) is 2.31. The Morgan fingerprint density at radius 3 is 2.00 bits per heavy atom. The van der Waals surface area contributed by atoms with Crippen LogP contribution in [0.15, 0.2) is 0 Å². The van der Waals surface area contributed by atoms with Crippen molar-refractivity contribution in [1.82, 2.24) is 0 Å². The highest BCUT2D eigenvalue weighted by Crippen LogP contribution is 2.22. The Morgan fingerprint density at radius 2 is 1.73 bits per heavy atom. The van der Waals surface area contributed by atoms with Crippen LogP contribution >= 0.6 is 0 Å². The van der Waals surface area contributed by atoms with Gasteiger partial charge in [-0.1, -0.05) is 13.8 Å². The van der Waals surface area contributed by atoms with E-state index in [2.05, 4.69) is 0 Å². The zero-order valence-corrected chi connectivity index (χ0v) is 6.78. The van der Waals surface area contributed by atoms with Crippen LogP contribution in [0, 0.1) is 5.92 Å². The van der Waals surface area contributed by atoms with Gasteiger partial charge >= 0.3 is 6.18 Å². The van der Waals surface area contributed by atoms with Crippen molar-refractivity contribution in [3.63, 3.8) is 0 Å². The molecule has 0 saturated heterocycles. The molecule has 0 saturated carbocycles. The second kappa shape index (κ2) is 3.95. The molecule has 11 heavy (non-hydrogen) atoms. The van der Waals surface area contributed by atoms with Crippen LogP contribution in [0.4, 0.5) is 13.2 Å². The average Bonchev–Trinajstić information content (AvgIpc) is 1.53. The van der Waals surface area contributed by atoms with Crippen molar-refractivity contribution in [3.05, 3.63) is 0 Å². The average molecular weight is 169 g/mol. The maximum atomic E-state index is 11.7. The largest absolute Gasteiger partial charge is 0.390 e. The minimum absolute atomic E-state index is 0.229. The predicted molar refractivity (Wildman–Crippen MR) is 38.1 cm³/mol. The minimum Gasteiger partial charge on any atom is -0.327 e. The highest BCUT2D eigenvalue weighted by molar-refractivity contribution is 4.67. The van der Waals surface area contributed by atoms with E-state index in [4.69, 9.17) is 5.73 Å². The number of nitrogens with two attached hydrogens (primary N) is 1. The molecular formula is C7H14F3N. The van der Waals surface area contributed by atoms with Crippen LogP contribution in [0.3, 0.4) is 0 Å². The fourth-order valence-corrected chi connectivity index (χ4v) is 0.986. The third kappa shape index (κ3) is 7.65. The molecule has 1 unspecified atom stereocenters. The normalized spacial score (nSPS) is 15.5. The maximum absolute atomic E-state index is 11.7. The van der Waals surface area contributed by atoms with E-state index in [0.717, 1.165) is 0 Å². The molecule has 2 N–H and O–H groups in total. The molecule has 0 aromatic rings. The minimum atomic E-state index is -4.12. The Kier molecular flexibility index (Phi) is 3.86. The Balaban J connectivity index is 3.61. The van der Waals surface area contributed by atoms with Gasteiger partial charge in [0.05, 0.1) is 6.42 Å². The summed E-state index contributed by atoms with van der Waals surface area (Å²) < 4.78 is 35.0. The van der Waals surface area contributed by atoms with Crippen molar-refractivity contribution < 1.29 is 13.2 Å². The zero-order valence-electron chi connectivity index (χ0n) is 6.78. The lowest BCUT2D eigenvalue weighted by molar-refractivity contribution is -0.138. The van der Waals surface area contributed by atoms with Crippen molar-refractivity contribution >= 4 is 0 Å². The van der Waals surface area contributed by atoms with Gasteiger partial charge in [-0.15, -0.1) is 0 Å². The molecule has 68 valence electrons. The third-order valence-corrected chi connectivity index (χ3v) is 1.27. The fraction of sp³-hybridized carbons (Fsp3) is 1.00. The monoisotopic (exact) mass is 169 g/mol. The van der Waals surface area contributed by atoms with E-state index in [0.29, 0.717) is 6.42 Å². The van der Waals surface area contributed by atoms with Crippen molar-refractivity contribution in [3.8, 4) is 0 Å². The Labute approximate surface area is 64.8 Å². The summed E-state index contributed by atoms with van der Waals surface area (Å²) in [7, 11) is 0. The lowest BCUT2D eigenvalue weighted by Crippen LogP contribution is -2.28. The van der Waals surface area contributed by atoms with Crippen LogP contribution in [0.25, 0.3) is 0 Å². The van der Waals surface area contributed by atoms with E-state index in [-0.39, 0.29) is 5.92 Å². The molecular weight excluding hydrogens is 155 g/mol. The second-order valence-electron chi connectivity index (χ2n) is 3.21. The molecule has 0 radical (unpaired) electrons. The van der Waals surface area contributed by atoms with E-state index < -0.39 is 18.6 Å². The van der Waals surface area contributed by atoms with Crippen LogP contribution in [0.2, 0.25) is 0 Å². The molecule has 0 amide bonds. The summed E-state index contributed by atoms with van der Waals surface area (Å²) in [6.07, 6.45) is -4.56. The van der Waals surface area contributed by atoms with Crippen LogP contribution in [-0.2, 0) is 0 Å². The molecule has 0 aliphatic rings. The Hall–Kier alpha value is -0.250. The molecule has 4 heteroatoms. The molecule has 0 aliphatic carbocycles. The second-order valence-corrected chi connectivity index (χ2v) is 3.21. The summed E-state index contributed by atoms with van der Waals surface area (Å²) in [5.74, 6) is 0.229. The van der Waals surface area contributed by atoms with Gasteiger partial charge in [0.25, 0.3) is 0 Å². The van der Waals surface area contributed by atoms with Crippen molar-refractivity contribution in [2.24, 2.45) is 11.7 Å². The number of rotatable bonds is 3. The van der Waals surface area contributed by atoms with Gasteiger partial charge in [0.2, 0.25) is 0 Å². The van der Waals surface area contributed by atoms with Gasteiger partial charge in [-0.05, 0) is 12.3 Å². The fourth-order valence-electron chi connectivity index (χ4n) is 0.986. The van der Waals surface area contributed by atoms with Crippen LogP contribution < -0.4 is 5.73 Å². The zero-order chi connectivity index (χ0) is 9.07. The standard InChI is InChI=1S/C7H14F3N/c1-5(2)3-6(11)4-7(8,9)10/h5-6H,3-4,11H2,1-2H3. The smallest absolute Gasteiger partial charge is 0.327 e. The van der Waals surface area contributed by atoms with Gasteiger partial charge in [-0.2, -0.15) is 13.2 Å². The van der Waals surface area contributed by atoms with E-state index in [9.17, 15) is 13.2 Å². The molecule has 0 fully saturated rings. The van der Waals surface area contributed by atoms with Crippen molar-refractivity contribution in [2.75, 3.05) is 0 Å². The first-order chi connectivity index (χ1) is 4.81. The van der Waals surface area contributed by atoms with Crippen LogP contribution in [-0.4, -0.2) is 12.2 Å². The number of hydrogen-bond acceptors (Lipinski definition) is 1. The summed E-state index contributed by atoms with van der Waals surface area (Å²) in [4.78, 5) is 0. The van der Waals surface area contributed by atoms with Gasteiger partial charge in [-0.25, -0.2) is 0 Å². The molecule has 0 heterocycles. The Bertz CT molecular complexity index is 109. The Morgan fingerprint density at radius 1 is 1.27 bits per heavy atom. The molecule has 0 aliphatic heterocycles. The molecule has 0 rings (SSSR count). The third-order valence-electron chi connectivity index (χ3n) is 1.27. The summed E-state index contributed by atoms with van der Waals surface area (Å²) in [6.45, 7) is 3.71. The number of alkyl halides is 3. The van der Waals surface area contributed by atoms with Crippen molar-refractivity contribution in [2.45, 2.75) is 38.9 Å². The number of halogens is 3. The van der Waals surface area contributed by atoms with E-state index in [1.807, 2.05) is 13.8 Å². The first kappa shape index (κ1) is 10.8. The summed E-state index contributed by atoms with van der Waals surface area (Å²) in [6, 6.07) is -0.741. The lowest BCUT2D eigenvalue weighted by Gasteiger charge is -2.15. The van der Waals surface area contributed by atoms with Crippen molar-refractivity contribution in [1.29, 1.82) is 0 Å². The van der Waals surface area contributed by atoms with E-state index in [1.54, 1.807) is 0 Å². The highest BCUT2D eigenvalue weighted by atomic mass is 19.4. The highest BCUT2D eigenvalue weighted by Gasteiger charge is 2.30. The van der Waals surface area contributed by atoms with Gasteiger partial charge in [0.15, 0.2) is 0 Å². The number of hydrogen-bond donors (Lipinski definition) is 1. The lowest BCUT2D eigenvalue weighted by atomic mass is 10.0. The topological polar surface area (TPSA) is 26.0 Å². The van der Waals surface area contributed by atoms with Gasteiger partial charge in [0, 0.05) is 6.04 Å². The van der Waals surface area contributed by atoms with Gasteiger partial charge in [0.1, 0.15) is 0 Å². The molecule has 0 aromatic carbocycles. The van der Waals surface area contributed by atoms with Gasteiger partial charge in [-0.3, -0.25) is 0 Å². The molecule has 0 aromatic heterocycles. The maximum Gasteiger partial charge on any atom is 0.390 e. The summed E-state index contributed by atoms with van der Waals surface area (Å²) >= 11 is 0. The summed E-state index contributed by atoms with van der Waals surface area (Å²) in [5, 5.41) is 0. The SMILES string of the molecule is CC(C)CC(N)CC(F)(F)F. The molecule has 1 nitrogen and oxygen atoms in total. The molecule has 1 atom stereocenters. The summed E-state index contributed by atoms with van der Waals surface area (Å²) in [5.41, 5.74) is 5.24. The van der Waals surface area contributed by atoms with Crippen LogP contribution in [0.1, 0.15) is 26.7 Å². The quantitative estimate of drug-likeness (QED) is 0.689. The first-order valence-electron chi connectivity index (χ1n) is 3.63. The van der Waals surface area contributed by atoms with Gasteiger partial charge < -0.3 is 5.73 Å².